The van der Waals surface area contributed by atoms with Gasteiger partial charge < -0.3 is 0 Å². The normalized spacial score (nSPS) is 13.7. The van der Waals surface area contributed by atoms with E-state index in [1.165, 1.54) is 5.57 Å². The van der Waals surface area contributed by atoms with Crippen LogP contribution < -0.4 is 0 Å². The monoisotopic (exact) mass is 303 g/mol. The van der Waals surface area contributed by atoms with Crippen LogP contribution in [0.4, 0.5) is 0 Å². The number of allylic oxidation sites excluding steroid dienone is 4. The number of benzene rings is 1. The molecule has 3 rings (SSSR count). The number of rotatable bonds is 4. The number of ketones is 1. The minimum absolute atomic E-state index is 0.202. The van der Waals surface area contributed by atoms with Crippen molar-refractivity contribution in [1.82, 2.24) is 4.98 Å². The van der Waals surface area contributed by atoms with E-state index in [0.717, 1.165) is 40.8 Å². The average Bonchev–Trinajstić information content (AvgIpc) is 2.56. The van der Waals surface area contributed by atoms with Crippen LogP contribution in [0.1, 0.15) is 40.7 Å². The lowest BCUT2D eigenvalue weighted by molar-refractivity contribution is 0.0991. The first kappa shape index (κ1) is 15.4. The molecule has 2 aromatic rings. The van der Waals surface area contributed by atoms with E-state index in [1.807, 2.05) is 31.2 Å². The summed E-state index contributed by atoms with van der Waals surface area (Å²) in [5, 5.41) is 0. The third kappa shape index (κ3) is 3.48. The van der Waals surface area contributed by atoms with E-state index in [4.69, 9.17) is 0 Å². The fraction of sp³-hybridized carbons (Fsp3) is 0.238. The highest BCUT2D eigenvalue weighted by Gasteiger charge is 2.13. The molecular weight excluding hydrogens is 282 g/mol. The Hall–Kier alpha value is -2.48. The Balaban J connectivity index is 1.85. The van der Waals surface area contributed by atoms with E-state index in [9.17, 15) is 4.79 Å². The van der Waals surface area contributed by atoms with E-state index in [0.29, 0.717) is 6.42 Å². The molecular formula is C21H21NO. The first-order valence-electron chi connectivity index (χ1n) is 8.05. The Bertz CT molecular complexity index is 799. The molecule has 0 bridgehead atoms. The quantitative estimate of drug-likeness (QED) is 0.725. The highest BCUT2D eigenvalue weighted by Crippen LogP contribution is 2.25. The Labute approximate surface area is 137 Å². The zero-order chi connectivity index (χ0) is 16.2. The minimum Gasteiger partial charge on any atom is -0.294 e. The van der Waals surface area contributed by atoms with Crippen LogP contribution in [0.5, 0.6) is 0 Å². The van der Waals surface area contributed by atoms with Crippen LogP contribution in [0.3, 0.4) is 0 Å². The van der Waals surface area contributed by atoms with E-state index in [-0.39, 0.29) is 5.78 Å². The lowest BCUT2D eigenvalue weighted by Crippen LogP contribution is -2.04. The molecule has 1 aromatic carbocycles. The zero-order valence-electron chi connectivity index (χ0n) is 13.7. The molecule has 23 heavy (non-hydrogen) atoms. The number of Topliss-reactive ketones (excluding diaryl/α,β-unsaturated/α-hetero) is 1. The predicted molar refractivity (Wildman–Crippen MR) is 94.6 cm³/mol. The second-order valence-corrected chi connectivity index (χ2v) is 6.09. The molecule has 0 aliphatic heterocycles. The largest absolute Gasteiger partial charge is 0.294 e. The summed E-state index contributed by atoms with van der Waals surface area (Å²) in [6.45, 7) is 4.06. The van der Waals surface area contributed by atoms with Crippen LogP contribution in [-0.4, -0.2) is 10.8 Å². The van der Waals surface area contributed by atoms with Crippen molar-refractivity contribution in [2.75, 3.05) is 0 Å². The van der Waals surface area contributed by atoms with Gasteiger partial charge in [-0.3, -0.25) is 9.78 Å². The summed E-state index contributed by atoms with van der Waals surface area (Å²) in [4.78, 5) is 17.0. The van der Waals surface area contributed by atoms with Crippen molar-refractivity contribution in [1.29, 1.82) is 0 Å². The molecule has 1 aromatic heterocycles. The minimum atomic E-state index is 0.202. The summed E-state index contributed by atoms with van der Waals surface area (Å²) >= 11 is 0. The van der Waals surface area contributed by atoms with Crippen LogP contribution >= 0.6 is 0 Å². The van der Waals surface area contributed by atoms with Gasteiger partial charge in [-0.25, -0.2) is 0 Å². The highest BCUT2D eigenvalue weighted by atomic mass is 16.1. The molecule has 0 spiro atoms. The first-order valence-corrected chi connectivity index (χ1v) is 8.05. The van der Waals surface area contributed by atoms with Gasteiger partial charge in [0.05, 0.1) is 5.69 Å². The molecule has 1 aliphatic carbocycles. The van der Waals surface area contributed by atoms with Gasteiger partial charge >= 0.3 is 0 Å². The lowest BCUT2D eigenvalue weighted by Gasteiger charge is -2.11. The summed E-state index contributed by atoms with van der Waals surface area (Å²) in [5.74, 6) is 0.202. The van der Waals surface area contributed by atoms with Crippen molar-refractivity contribution in [2.24, 2.45) is 0 Å². The number of hydrogen-bond donors (Lipinski definition) is 0. The van der Waals surface area contributed by atoms with E-state index in [2.05, 4.69) is 36.2 Å². The van der Waals surface area contributed by atoms with Gasteiger partial charge in [0, 0.05) is 23.7 Å². The van der Waals surface area contributed by atoms with E-state index >= 15 is 0 Å². The second kappa shape index (κ2) is 6.74. The Kier molecular flexibility index (Phi) is 4.52. The van der Waals surface area contributed by atoms with Gasteiger partial charge in [0.25, 0.3) is 0 Å². The number of aryl methyl sites for hydroxylation is 2. The van der Waals surface area contributed by atoms with E-state index in [1.54, 1.807) is 6.20 Å². The predicted octanol–water partition coefficient (Wildman–Crippen LogP) is 5.21. The molecule has 0 radical (unpaired) electrons. The summed E-state index contributed by atoms with van der Waals surface area (Å²) in [7, 11) is 0. The van der Waals surface area contributed by atoms with Gasteiger partial charge in [0.2, 0.25) is 0 Å². The molecule has 0 unspecified atom stereocenters. The summed E-state index contributed by atoms with van der Waals surface area (Å²) in [5.41, 5.74) is 6.25. The standard InChI is InChI=1S/C21H21NO/c1-15-7-6-12-22-21(15)18-10-11-19(16(2)13-18)20(23)14-17-8-4-3-5-9-17/h3-4,6-8,10-13H,5,9,14H2,1-2H3. The topological polar surface area (TPSA) is 30.0 Å². The molecule has 0 fully saturated rings. The number of aromatic nitrogens is 1. The van der Waals surface area contributed by atoms with Gasteiger partial charge in [-0.15, -0.1) is 0 Å². The van der Waals surface area contributed by atoms with Gasteiger partial charge in [0.15, 0.2) is 5.78 Å². The molecule has 1 aliphatic rings. The van der Waals surface area contributed by atoms with Crippen LogP contribution in [0.2, 0.25) is 0 Å². The Morgan fingerprint density at radius 2 is 2.04 bits per heavy atom. The lowest BCUT2D eigenvalue weighted by atomic mass is 9.93. The number of hydrogen-bond acceptors (Lipinski definition) is 2. The molecule has 2 nitrogen and oxygen atoms in total. The highest BCUT2D eigenvalue weighted by molar-refractivity contribution is 5.99. The molecule has 1 heterocycles. The Morgan fingerprint density at radius 3 is 2.74 bits per heavy atom. The fourth-order valence-electron chi connectivity index (χ4n) is 3.01. The van der Waals surface area contributed by atoms with Crippen molar-refractivity contribution in [2.45, 2.75) is 33.1 Å². The second-order valence-electron chi connectivity index (χ2n) is 6.09. The SMILES string of the molecule is Cc1cc(-c2ncccc2C)ccc1C(=O)CC1=CC=CCC1. The van der Waals surface area contributed by atoms with Gasteiger partial charge in [-0.05, 0) is 49.9 Å². The molecule has 116 valence electrons. The molecule has 0 atom stereocenters. The molecule has 0 saturated heterocycles. The van der Waals surface area contributed by atoms with Crippen LogP contribution in [-0.2, 0) is 0 Å². The van der Waals surface area contributed by atoms with Crippen molar-refractivity contribution < 1.29 is 4.79 Å². The molecule has 2 heteroatoms. The van der Waals surface area contributed by atoms with Gasteiger partial charge in [-0.2, -0.15) is 0 Å². The van der Waals surface area contributed by atoms with Crippen molar-refractivity contribution in [3.8, 4) is 11.3 Å². The number of pyridine rings is 1. The maximum Gasteiger partial charge on any atom is 0.167 e. The third-order valence-electron chi connectivity index (χ3n) is 4.30. The molecule has 0 N–H and O–H groups in total. The first-order chi connectivity index (χ1) is 11.1. The fourth-order valence-corrected chi connectivity index (χ4v) is 3.01. The van der Waals surface area contributed by atoms with Crippen molar-refractivity contribution in [3.63, 3.8) is 0 Å². The molecule has 0 saturated carbocycles. The summed E-state index contributed by atoms with van der Waals surface area (Å²) in [6, 6.07) is 10.0. The van der Waals surface area contributed by atoms with Crippen LogP contribution in [0.25, 0.3) is 11.3 Å². The number of carbonyl (C=O) groups excluding carboxylic acids is 1. The van der Waals surface area contributed by atoms with Gasteiger partial charge in [0.1, 0.15) is 0 Å². The van der Waals surface area contributed by atoms with Crippen LogP contribution in [0, 0.1) is 13.8 Å². The van der Waals surface area contributed by atoms with Crippen molar-refractivity contribution in [3.05, 3.63) is 77.0 Å². The van der Waals surface area contributed by atoms with Gasteiger partial charge in [-0.1, -0.05) is 42.0 Å². The number of nitrogens with zero attached hydrogens (tertiary/aromatic N) is 1. The summed E-state index contributed by atoms with van der Waals surface area (Å²) in [6.07, 6.45) is 10.6. The van der Waals surface area contributed by atoms with E-state index < -0.39 is 0 Å². The van der Waals surface area contributed by atoms with Crippen LogP contribution in [0.15, 0.2) is 60.3 Å². The molecule has 0 amide bonds. The average molecular weight is 303 g/mol. The maximum absolute atomic E-state index is 12.6. The third-order valence-corrected chi connectivity index (χ3v) is 4.30. The number of carbonyl (C=O) groups is 1. The summed E-state index contributed by atoms with van der Waals surface area (Å²) < 4.78 is 0. The Morgan fingerprint density at radius 1 is 1.17 bits per heavy atom. The zero-order valence-corrected chi connectivity index (χ0v) is 13.7. The maximum atomic E-state index is 12.6. The van der Waals surface area contributed by atoms with Crippen molar-refractivity contribution >= 4 is 5.78 Å². The smallest absolute Gasteiger partial charge is 0.167 e.